The van der Waals surface area contributed by atoms with Crippen LogP contribution in [0.1, 0.15) is 53.1 Å². The van der Waals surface area contributed by atoms with Crippen LogP contribution in [0.4, 0.5) is 0 Å². The molecule has 4 heterocycles. The van der Waals surface area contributed by atoms with Gasteiger partial charge in [0, 0.05) is 32.4 Å². The molecule has 7 nitrogen and oxygen atoms in total. The zero-order valence-corrected chi connectivity index (χ0v) is 19.1. The Labute approximate surface area is 188 Å². The molecule has 0 radical (unpaired) electrons. The second-order valence-electron chi connectivity index (χ2n) is 8.79. The van der Waals surface area contributed by atoms with Crippen LogP contribution in [0.2, 0.25) is 0 Å². The second kappa shape index (κ2) is 8.33. The number of rotatable bonds is 4. The summed E-state index contributed by atoms with van der Waals surface area (Å²) in [4.78, 5) is 15.2. The van der Waals surface area contributed by atoms with Crippen molar-refractivity contribution < 1.29 is 13.2 Å². The van der Waals surface area contributed by atoms with E-state index in [-0.39, 0.29) is 11.8 Å². The van der Waals surface area contributed by atoms with Gasteiger partial charge in [0.1, 0.15) is 0 Å². The molecule has 0 spiro atoms. The molecule has 2 fully saturated rings. The van der Waals surface area contributed by atoms with Crippen molar-refractivity contribution in [2.75, 3.05) is 26.2 Å². The van der Waals surface area contributed by atoms with Gasteiger partial charge in [-0.15, -0.1) is 0 Å². The fourth-order valence-electron chi connectivity index (χ4n) is 4.92. The minimum Gasteiger partial charge on any atom is -0.339 e. The number of carbonyl (C=O) groups excluding carboxylic acids is 1. The first kappa shape index (κ1) is 21.2. The number of hydrogen-bond acceptors (Lipinski definition) is 4. The van der Waals surface area contributed by atoms with Gasteiger partial charge in [0.05, 0.1) is 22.2 Å². The normalized spacial score (nSPS) is 18.5. The summed E-state index contributed by atoms with van der Waals surface area (Å²) in [6.45, 7) is 4.44. The highest BCUT2D eigenvalue weighted by Gasteiger charge is 2.31. The summed E-state index contributed by atoms with van der Waals surface area (Å²) in [7, 11) is -3.48. The van der Waals surface area contributed by atoms with Crippen LogP contribution >= 0.6 is 0 Å². The van der Waals surface area contributed by atoms with Crippen LogP contribution in [0.15, 0.2) is 53.7 Å². The Balaban J connectivity index is 1.34. The molecule has 168 valence electrons. The largest absolute Gasteiger partial charge is 0.339 e. The standard InChI is InChI=1S/C24H28N4O3S/c1-18-6-2-3-7-23(18)32(30,31)27-13-8-19(9-14-27)20-10-15-28-22(16-20)21(17-25-28)24(29)26-11-4-5-12-26/h2-3,6-7,10,15-17,19H,4-5,8-9,11-14H2,1H3. The quantitative estimate of drug-likeness (QED) is 0.608. The lowest BCUT2D eigenvalue weighted by Crippen LogP contribution is -2.38. The third kappa shape index (κ3) is 3.71. The SMILES string of the molecule is Cc1ccccc1S(=O)(=O)N1CCC(c2ccn3ncc(C(=O)N4CCCC4)c3c2)CC1. The third-order valence-electron chi connectivity index (χ3n) is 6.81. The number of pyridine rings is 1. The number of nitrogens with zero attached hydrogens (tertiary/aromatic N) is 4. The maximum Gasteiger partial charge on any atom is 0.257 e. The lowest BCUT2D eigenvalue weighted by atomic mass is 9.90. The minimum absolute atomic E-state index is 0.0498. The van der Waals surface area contributed by atoms with E-state index in [1.807, 2.05) is 36.2 Å². The van der Waals surface area contributed by atoms with Crippen LogP contribution in [0, 0.1) is 6.92 Å². The van der Waals surface area contributed by atoms with E-state index in [9.17, 15) is 13.2 Å². The Kier molecular flexibility index (Phi) is 5.51. The summed E-state index contributed by atoms with van der Waals surface area (Å²) in [5, 5.41) is 4.37. The molecule has 2 saturated heterocycles. The van der Waals surface area contributed by atoms with Crippen molar-refractivity contribution in [1.82, 2.24) is 18.8 Å². The van der Waals surface area contributed by atoms with Crippen LogP contribution in [0.25, 0.3) is 5.52 Å². The van der Waals surface area contributed by atoms with Gasteiger partial charge in [0.15, 0.2) is 0 Å². The average molecular weight is 453 g/mol. The van der Waals surface area contributed by atoms with Gasteiger partial charge in [-0.1, -0.05) is 18.2 Å². The number of aromatic nitrogens is 2. The van der Waals surface area contributed by atoms with E-state index in [1.165, 1.54) is 0 Å². The van der Waals surface area contributed by atoms with E-state index >= 15 is 0 Å². The van der Waals surface area contributed by atoms with Crippen molar-refractivity contribution in [3.05, 3.63) is 65.5 Å². The smallest absolute Gasteiger partial charge is 0.257 e. The average Bonchev–Trinajstić information content (AvgIpc) is 3.49. The monoisotopic (exact) mass is 452 g/mol. The van der Waals surface area contributed by atoms with Gasteiger partial charge in [0.25, 0.3) is 5.91 Å². The van der Waals surface area contributed by atoms with E-state index in [1.54, 1.807) is 27.2 Å². The summed E-state index contributed by atoms with van der Waals surface area (Å²) in [6, 6.07) is 11.3. The van der Waals surface area contributed by atoms with E-state index < -0.39 is 10.0 Å². The Morgan fingerprint density at radius 2 is 1.75 bits per heavy atom. The fourth-order valence-corrected chi connectivity index (χ4v) is 6.62. The summed E-state index contributed by atoms with van der Waals surface area (Å²) >= 11 is 0. The summed E-state index contributed by atoms with van der Waals surface area (Å²) in [6.07, 6.45) is 7.19. The number of likely N-dealkylation sites (tertiary alicyclic amines) is 1. The van der Waals surface area contributed by atoms with Crippen LogP contribution in [0.3, 0.4) is 0 Å². The molecule has 3 aromatic rings. The number of benzene rings is 1. The first-order valence-corrected chi connectivity index (χ1v) is 12.7. The molecule has 8 heteroatoms. The topological polar surface area (TPSA) is 75.0 Å². The summed E-state index contributed by atoms with van der Waals surface area (Å²) in [5.74, 6) is 0.307. The maximum absolute atomic E-state index is 13.1. The van der Waals surface area contributed by atoms with Gasteiger partial charge in [-0.05, 0) is 67.9 Å². The molecule has 1 aromatic carbocycles. The van der Waals surface area contributed by atoms with Gasteiger partial charge >= 0.3 is 0 Å². The molecule has 32 heavy (non-hydrogen) atoms. The van der Waals surface area contributed by atoms with Crippen molar-refractivity contribution in [3.8, 4) is 0 Å². The van der Waals surface area contributed by atoms with Crippen molar-refractivity contribution in [2.45, 2.75) is 43.4 Å². The number of piperidine rings is 1. The van der Waals surface area contributed by atoms with Gasteiger partial charge in [-0.3, -0.25) is 4.79 Å². The van der Waals surface area contributed by atoms with Gasteiger partial charge in [-0.2, -0.15) is 9.40 Å². The Morgan fingerprint density at radius 3 is 2.47 bits per heavy atom. The zero-order valence-electron chi connectivity index (χ0n) is 18.3. The molecular weight excluding hydrogens is 424 g/mol. The van der Waals surface area contributed by atoms with Crippen molar-refractivity contribution in [3.63, 3.8) is 0 Å². The van der Waals surface area contributed by atoms with E-state index in [0.29, 0.717) is 23.5 Å². The summed E-state index contributed by atoms with van der Waals surface area (Å²) < 4.78 is 29.6. The van der Waals surface area contributed by atoms with Crippen molar-refractivity contribution in [1.29, 1.82) is 0 Å². The van der Waals surface area contributed by atoms with Crippen molar-refractivity contribution >= 4 is 21.4 Å². The fraction of sp³-hybridized carbons (Fsp3) is 0.417. The second-order valence-corrected chi connectivity index (χ2v) is 10.7. The highest BCUT2D eigenvalue weighted by molar-refractivity contribution is 7.89. The molecule has 0 atom stereocenters. The van der Waals surface area contributed by atoms with Crippen LogP contribution in [-0.2, 0) is 10.0 Å². The number of aryl methyl sites for hydroxylation is 1. The number of fused-ring (bicyclic) bond motifs is 1. The molecule has 2 aromatic heterocycles. The predicted octanol–water partition coefficient (Wildman–Crippen LogP) is 3.45. The van der Waals surface area contributed by atoms with Crippen LogP contribution < -0.4 is 0 Å². The highest BCUT2D eigenvalue weighted by atomic mass is 32.2. The zero-order chi connectivity index (χ0) is 22.3. The van der Waals surface area contributed by atoms with Crippen LogP contribution in [-0.4, -0.2) is 59.3 Å². The van der Waals surface area contributed by atoms with E-state index in [2.05, 4.69) is 11.2 Å². The molecule has 0 unspecified atom stereocenters. The van der Waals surface area contributed by atoms with Crippen LogP contribution in [0.5, 0.6) is 0 Å². The Morgan fingerprint density at radius 1 is 1.03 bits per heavy atom. The van der Waals surface area contributed by atoms with Crippen molar-refractivity contribution in [2.24, 2.45) is 0 Å². The number of hydrogen-bond donors (Lipinski definition) is 0. The Bertz CT molecular complexity index is 1250. The first-order chi connectivity index (χ1) is 15.4. The lowest BCUT2D eigenvalue weighted by Gasteiger charge is -2.31. The third-order valence-corrected chi connectivity index (χ3v) is 8.86. The number of sulfonamides is 1. The molecular formula is C24H28N4O3S. The van der Waals surface area contributed by atoms with Gasteiger partial charge in [0.2, 0.25) is 10.0 Å². The molecule has 1 amide bonds. The molecule has 0 saturated carbocycles. The molecule has 2 aliphatic rings. The van der Waals surface area contributed by atoms with E-state index in [0.717, 1.165) is 55.4 Å². The number of amides is 1. The molecule has 0 N–H and O–H groups in total. The molecule has 5 rings (SSSR count). The predicted molar refractivity (Wildman–Crippen MR) is 122 cm³/mol. The molecule has 0 bridgehead atoms. The minimum atomic E-state index is -3.48. The van der Waals surface area contributed by atoms with E-state index in [4.69, 9.17) is 0 Å². The highest BCUT2D eigenvalue weighted by Crippen LogP contribution is 2.32. The lowest BCUT2D eigenvalue weighted by molar-refractivity contribution is 0.0794. The number of carbonyl (C=O) groups is 1. The maximum atomic E-state index is 13.1. The van der Waals surface area contributed by atoms with Gasteiger partial charge < -0.3 is 4.90 Å². The molecule has 2 aliphatic heterocycles. The van der Waals surface area contributed by atoms with Gasteiger partial charge in [-0.25, -0.2) is 12.9 Å². The summed E-state index contributed by atoms with van der Waals surface area (Å²) in [5.41, 5.74) is 3.39. The first-order valence-electron chi connectivity index (χ1n) is 11.3. The Hall–Kier alpha value is -2.71. The molecule has 0 aliphatic carbocycles.